The van der Waals surface area contributed by atoms with Crippen LogP contribution in [0, 0.1) is 0 Å². The van der Waals surface area contributed by atoms with Crippen LogP contribution in [0.25, 0.3) is 10.8 Å². The van der Waals surface area contributed by atoms with Gasteiger partial charge in [0.05, 0.1) is 0 Å². The number of aliphatic carboxylic acids is 1. The Morgan fingerprint density at radius 2 is 1.52 bits per heavy atom. The molecule has 148 valence electrons. The summed E-state index contributed by atoms with van der Waals surface area (Å²) in [4.78, 5) is 36.5. The Bertz CT molecular complexity index is 1030. The molecule has 2 amide bonds. The topological polar surface area (TPSA) is 95.5 Å². The Labute approximate surface area is 168 Å². The first-order valence-corrected chi connectivity index (χ1v) is 9.31. The highest BCUT2D eigenvalue weighted by Gasteiger charge is 2.25. The number of carbonyl (C=O) groups excluding carboxylic acids is 2. The highest BCUT2D eigenvalue weighted by atomic mass is 16.4. The van der Waals surface area contributed by atoms with Crippen LogP contribution < -0.4 is 10.6 Å². The molecule has 29 heavy (non-hydrogen) atoms. The van der Waals surface area contributed by atoms with Crippen LogP contribution >= 0.6 is 0 Å². The summed E-state index contributed by atoms with van der Waals surface area (Å²) in [6.45, 7) is 1.38. The second-order valence-electron chi connectivity index (χ2n) is 6.80. The van der Waals surface area contributed by atoms with Crippen LogP contribution in [0.4, 0.5) is 0 Å². The molecule has 0 aliphatic carbocycles. The van der Waals surface area contributed by atoms with Crippen molar-refractivity contribution < 1.29 is 19.5 Å². The van der Waals surface area contributed by atoms with Crippen molar-refractivity contribution in [2.45, 2.75) is 25.4 Å². The highest BCUT2D eigenvalue weighted by Crippen LogP contribution is 2.20. The van der Waals surface area contributed by atoms with Gasteiger partial charge >= 0.3 is 5.97 Å². The lowest BCUT2D eigenvalue weighted by molar-refractivity contribution is -0.141. The number of carbonyl (C=O) groups is 3. The number of fused-ring (bicyclic) bond motifs is 1. The Morgan fingerprint density at radius 1 is 0.862 bits per heavy atom. The number of rotatable bonds is 7. The molecule has 3 rings (SSSR count). The van der Waals surface area contributed by atoms with Crippen molar-refractivity contribution in [1.82, 2.24) is 10.6 Å². The van der Waals surface area contributed by atoms with E-state index in [1.54, 1.807) is 30.3 Å². The molecule has 3 N–H and O–H groups in total. The number of carboxylic acid groups (broad SMARTS) is 1. The Hall–Kier alpha value is -3.67. The third kappa shape index (κ3) is 4.99. The predicted octanol–water partition coefficient (Wildman–Crippen LogP) is 2.77. The van der Waals surface area contributed by atoms with E-state index in [0.717, 1.165) is 16.3 Å². The first-order chi connectivity index (χ1) is 14.0. The van der Waals surface area contributed by atoms with Crippen molar-refractivity contribution in [3.8, 4) is 0 Å². The summed E-state index contributed by atoms with van der Waals surface area (Å²) in [7, 11) is 0. The van der Waals surface area contributed by atoms with E-state index in [9.17, 15) is 14.4 Å². The quantitative estimate of drug-likeness (QED) is 0.578. The lowest BCUT2D eigenvalue weighted by Crippen LogP contribution is -2.51. The molecule has 0 aliphatic rings. The van der Waals surface area contributed by atoms with Gasteiger partial charge in [0.15, 0.2) is 0 Å². The molecule has 3 aromatic rings. The summed E-state index contributed by atoms with van der Waals surface area (Å²) in [5, 5.41) is 16.3. The molecule has 0 radical (unpaired) electrons. The summed E-state index contributed by atoms with van der Waals surface area (Å²) in [6.07, 6.45) is 0.234. The van der Waals surface area contributed by atoms with Gasteiger partial charge in [0.2, 0.25) is 5.91 Å². The zero-order valence-electron chi connectivity index (χ0n) is 16.0. The molecular formula is C23H22N2O4. The Kier molecular flexibility index (Phi) is 6.24. The number of carboxylic acids is 1. The minimum Gasteiger partial charge on any atom is -0.480 e. The summed E-state index contributed by atoms with van der Waals surface area (Å²) in [5.41, 5.74) is 1.31. The molecule has 3 aromatic carbocycles. The minimum atomic E-state index is -1.14. The van der Waals surface area contributed by atoms with Crippen LogP contribution in [0.3, 0.4) is 0 Å². The van der Waals surface area contributed by atoms with E-state index in [1.165, 1.54) is 6.92 Å². The van der Waals surface area contributed by atoms with Gasteiger partial charge in [0, 0.05) is 12.0 Å². The number of benzene rings is 3. The molecule has 6 heteroatoms. The van der Waals surface area contributed by atoms with Crippen molar-refractivity contribution in [3.63, 3.8) is 0 Å². The van der Waals surface area contributed by atoms with Gasteiger partial charge in [0.1, 0.15) is 12.1 Å². The molecule has 0 saturated heterocycles. The van der Waals surface area contributed by atoms with Gasteiger partial charge in [-0.25, -0.2) is 0 Å². The number of nitrogens with one attached hydrogen (secondary N) is 2. The average Bonchev–Trinajstić information content (AvgIpc) is 2.73. The van der Waals surface area contributed by atoms with Crippen LogP contribution in [-0.4, -0.2) is 35.0 Å². The van der Waals surface area contributed by atoms with Gasteiger partial charge in [-0.2, -0.15) is 0 Å². The summed E-state index contributed by atoms with van der Waals surface area (Å²) >= 11 is 0. The molecule has 0 saturated carbocycles. The van der Waals surface area contributed by atoms with E-state index in [4.69, 9.17) is 5.11 Å². The molecule has 0 aromatic heterocycles. The van der Waals surface area contributed by atoms with Crippen LogP contribution in [0.5, 0.6) is 0 Å². The van der Waals surface area contributed by atoms with Gasteiger partial charge in [0.25, 0.3) is 5.91 Å². The fourth-order valence-electron chi connectivity index (χ4n) is 3.11. The SMILES string of the molecule is C[C@H](NC(=O)[C@H](Cc1cccc2ccccc12)NC(=O)c1ccccc1)C(=O)O. The van der Waals surface area contributed by atoms with E-state index in [-0.39, 0.29) is 6.42 Å². The van der Waals surface area contributed by atoms with E-state index in [2.05, 4.69) is 10.6 Å². The molecule has 0 fully saturated rings. The van der Waals surface area contributed by atoms with E-state index >= 15 is 0 Å². The van der Waals surface area contributed by atoms with Gasteiger partial charge < -0.3 is 15.7 Å². The van der Waals surface area contributed by atoms with Crippen LogP contribution in [0.15, 0.2) is 72.8 Å². The molecular weight excluding hydrogens is 368 g/mol. The zero-order chi connectivity index (χ0) is 20.8. The maximum atomic E-state index is 12.8. The van der Waals surface area contributed by atoms with Crippen molar-refractivity contribution >= 4 is 28.6 Å². The molecule has 6 nitrogen and oxygen atoms in total. The van der Waals surface area contributed by atoms with Crippen molar-refractivity contribution in [2.24, 2.45) is 0 Å². The molecule has 0 bridgehead atoms. The first kappa shape index (κ1) is 20.1. The van der Waals surface area contributed by atoms with Crippen molar-refractivity contribution in [3.05, 3.63) is 83.9 Å². The maximum Gasteiger partial charge on any atom is 0.325 e. The Morgan fingerprint density at radius 3 is 2.24 bits per heavy atom. The lowest BCUT2D eigenvalue weighted by atomic mass is 9.98. The van der Waals surface area contributed by atoms with Crippen LogP contribution in [0.2, 0.25) is 0 Å². The summed E-state index contributed by atoms with van der Waals surface area (Å²) in [5.74, 6) is -2.08. The molecule has 0 unspecified atom stereocenters. The van der Waals surface area contributed by atoms with Gasteiger partial charge in [-0.05, 0) is 35.4 Å². The predicted molar refractivity (Wildman–Crippen MR) is 111 cm³/mol. The number of amides is 2. The molecule has 0 spiro atoms. The summed E-state index contributed by atoms with van der Waals surface area (Å²) < 4.78 is 0. The molecule has 0 heterocycles. The monoisotopic (exact) mass is 390 g/mol. The van der Waals surface area contributed by atoms with E-state index in [0.29, 0.717) is 5.56 Å². The van der Waals surface area contributed by atoms with Gasteiger partial charge in [-0.15, -0.1) is 0 Å². The normalized spacial score (nSPS) is 12.7. The standard InChI is InChI=1S/C23H22N2O4/c1-15(23(28)29)24-22(27)20(25-21(26)17-9-3-2-4-10-17)14-18-12-7-11-16-8-5-6-13-19(16)18/h2-13,15,20H,14H2,1H3,(H,24,27)(H,25,26)(H,28,29)/t15-,20-/m0/s1. The number of hydrogen-bond donors (Lipinski definition) is 3. The molecule has 2 atom stereocenters. The van der Waals surface area contributed by atoms with Gasteiger partial charge in [-0.1, -0.05) is 60.7 Å². The second-order valence-corrected chi connectivity index (χ2v) is 6.80. The van der Waals surface area contributed by atoms with Crippen molar-refractivity contribution in [2.75, 3.05) is 0 Å². The largest absolute Gasteiger partial charge is 0.480 e. The first-order valence-electron chi connectivity index (χ1n) is 9.31. The van der Waals surface area contributed by atoms with Crippen molar-refractivity contribution in [1.29, 1.82) is 0 Å². The third-order valence-corrected chi connectivity index (χ3v) is 4.69. The summed E-state index contributed by atoms with van der Waals surface area (Å²) in [6, 6.07) is 20.1. The van der Waals surface area contributed by atoms with Gasteiger partial charge in [-0.3, -0.25) is 14.4 Å². The van der Waals surface area contributed by atoms with Crippen LogP contribution in [0.1, 0.15) is 22.8 Å². The maximum absolute atomic E-state index is 12.8. The fourth-order valence-corrected chi connectivity index (χ4v) is 3.11. The van der Waals surface area contributed by atoms with Crippen LogP contribution in [-0.2, 0) is 16.0 Å². The lowest BCUT2D eigenvalue weighted by Gasteiger charge is -2.21. The zero-order valence-corrected chi connectivity index (χ0v) is 16.0. The van der Waals surface area contributed by atoms with E-state index < -0.39 is 29.9 Å². The number of hydrogen-bond acceptors (Lipinski definition) is 3. The second kappa shape index (κ2) is 9.01. The Balaban J connectivity index is 1.88. The third-order valence-electron chi connectivity index (χ3n) is 4.69. The smallest absolute Gasteiger partial charge is 0.325 e. The fraction of sp³-hybridized carbons (Fsp3) is 0.174. The average molecular weight is 390 g/mol. The van der Waals surface area contributed by atoms with E-state index in [1.807, 2.05) is 42.5 Å². The highest BCUT2D eigenvalue weighted by molar-refractivity contribution is 5.98. The minimum absolute atomic E-state index is 0.234. The molecule has 0 aliphatic heterocycles.